The molecule has 0 heterocycles. The van der Waals surface area contributed by atoms with Crippen LogP contribution in [0.4, 0.5) is 4.39 Å². The fourth-order valence-electron chi connectivity index (χ4n) is 1.44. The number of hydrogen-bond donors (Lipinski definition) is 1. The van der Waals surface area contributed by atoms with Gasteiger partial charge in [0.15, 0.2) is 0 Å². The summed E-state index contributed by atoms with van der Waals surface area (Å²) in [4.78, 5) is 0. The molecule has 96 valence electrons. The van der Waals surface area contributed by atoms with Crippen LogP contribution in [0.1, 0.15) is 45.7 Å². The molecule has 1 aromatic carbocycles. The molecule has 0 bridgehead atoms. The molecule has 0 amide bonds. The summed E-state index contributed by atoms with van der Waals surface area (Å²) in [6.07, 6.45) is 0.934. The van der Waals surface area contributed by atoms with Gasteiger partial charge in [0.05, 0.1) is 6.61 Å². The van der Waals surface area contributed by atoms with Crippen LogP contribution in [0.5, 0.6) is 5.75 Å². The van der Waals surface area contributed by atoms with E-state index in [0.29, 0.717) is 17.9 Å². The van der Waals surface area contributed by atoms with Gasteiger partial charge in [-0.25, -0.2) is 4.39 Å². The highest BCUT2D eigenvalue weighted by molar-refractivity contribution is 5.30. The quantitative estimate of drug-likeness (QED) is 0.870. The minimum atomic E-state index is -0.298. The lowest BCUT2D eigenvalue weighted by atomic mass is 9.93. The van der Waals surface area contributed by atoms with E-state index in [9.17, 15) is 4.39 Å². The van der Waals surface area contributed by atoms with E-state index in [-0.39, 0.29) is 17.3 Å². The van der Waals surface area contributed by atoms with Crippen LogP contribution < -0.4 is 10.5 Å². The Bertz CT molecular complexity index is 369. The SMILES string of the molecule is CC(N)c1ccc(OCCC(C)(C)C)cc1F. The molecule has 17 heavy (non-hydrogen) atoms. The number of rotatable bonds is 4. The third-order valence-corrected chi connectivity index (χ3v) is 2.58. The zero-order valence-electron chi connectivity index (χ0n) is 11.1. The standard InChI is InChI=1S/C14H22FNO/c1-10(16)12-6-5-11(9-13(12)15)17-8-7-14(2,3)4/h5-6,9-10H,7-8,16H2,1-4H3. The maximum absolute atomic E-state index is 13.6. The van der Waals surface area contributed by atoms with Crippen molar-refractivity contribution in [1.82, 2.24) is 0 Å². The van der Waals surface area contributed by atoms with E-state index in [1.807, 2.05) is 0 Å². The van der Waals surface area contributed by atoms with Gasteiger partial charge in [0.25, 0.3) is 0 Å². The van der Waals surface area contributed by atoms with Crippen molar-refractivity contribution < 1.29 is 9.13 Å². The van der Waals surface area contributed by atoms with Crippen molar-refractivity contribution in [2.45, 2.75) is 40.2 Å². The summed E-state index contributed by atoms with van der Waals surface area (Å²) in [5.74, 6) is 0.268. The van der Waals surface area contributed by atoms with Crippen molar-refractivity contribution in [3.8, 4) is 5.75 Å². The molecule has 1 aromatic rings. The lowest BCUT2D eigenvalue weighted by Gasteiger charge is -2.18. The van der Waals surface area contributed by atoms with E-state index in [1.54, 1.807) is 19.1 Å². The molecule has 0 radical (unpaired) electrons. The molecule has 1 atom stereocenters. The first-order chi connectivity index (χ1) is 7.79. The molecular weight excluding hydrogens is 217 g/mol. The Labute approximate surface area is 103 Å². The molecule has 0 aliphatic carbocycles. The smallest absolute Gasteiger partial charge is 0.131 e. The minimum absolute atomic E-state index is 0.226. The lowest BCUT2D eigenvalue weighted by molar-refractivity contribution is 0.242. The third-order valence-electron chi connectivity index (χ3n) is 2.58. The van der Waals surface area contributed by atoms with E-state index in [1.165, 1.54) is 6.07 Å². The van der Waals surface area contributed by atoms with Crippen LogP contribution in [0, 0.1) is 11.2 Å². The van der Waals surface area contributed by atoms with E-state index < -0.39 is 0 Å². The first kappa shape index (κ1) is 14.0. The Morgan fingerprint density at radius 3 is 2.47 bits per heavy atom. The molecule has 1 rings (SSSR count). The van der Waals surface area contributed by atoms with Crippen molar-refractivity contribution in [3.05, 3.63) is 29.6 Å². The van der Waals surface area contributed by atoms with Gasteiger partial charge in [0, 0.05) is 17.7 Å². The fourth-order valence-corrected chi connectivity index (χ4v) is 1.44. The molecule has 1 unspecified atom stereocenters. The van der Waals surface area contributed by atoms with E-state index in [4.69, 9.17) is 10.5 Å². The number of halogens is 1. The highest BCUT2D eigenvalue weighted by atomic mass is 19.1. The van der Waals surface area contributed by atoms with Gasteiger partial charge in [-0.05, 0) is 24.8 Å². The van der Waals surface area contributed by atoms with Crippen LogP contribution in [0.15, 0.2) is 18.2 Å². The summed E-state index contributed by atoms with van der Waals surface area (Å²) < 4.78 is 19.1. The molecule has 3 heteroatoms. The Kier molecular flexibility index (Phi) is 4.52. The molecule has 0 aliphatic rings. The van der Waals surface area contributed by atoms with Gasteiger partial charge >= 0.3 is 0 Å². The number of hydrogen-bond acceptors (Lipinski definition) is 2. The number of nitrogens with two attached hydrogens (primary N) is 1. The summed E-state index contributed by atoms with van der Waals surface area (Å²) in [6, 6.07) is 4.57. The van der Waals surface area contributed by atoms with Crippen molar-refractivity contribution in [2.75, 3.05) is 6.61 Å². The lowest BCUT2D eigenvalue weighted by Crippen LogP contribution is -2.11. The van der Waals surface area contributed by atoms with Crippen molar-refractivity contribution in [3.63, 3.8) is 0 Å². The first-order valence-electron chi connectivity index (χ1n) is 5.97. The van der Waals surface area contributed by atoms with Crippen LogP contribution >= 0.6 is 0 Å². The zero-order valence-corrected chi connectivity index (χ0v) is 11.1. The van der Waals surface area contributed by atoms with Crippen molar-refractivity contribution in [2.24, 2.45) is 11.1 Å². The number of benzene rings is 1. The van der Waals surface area contributed by atoms with Crippen LogP contribution in [0.2, 0.25) is 0 Å². The van der Waals surface area contributed by atoms with Gasteiger partial charge in [0.2, 0.25) is 0 Å². The number of ether oxygens (including phenoxy) is 1. The van der Waals surface area contributed by atoms with Gasteiger partial charge in [-0.1, -0.05) is 26.8 Å². The first-order valence-corrected chi connectivity index (χ1v) is 5.97. The predicted octanol–water partition coefficient (Wildman–Crippen LogP) is 3.66. The topological polar surface area (TPSA) is 35.2 Å². The summed E-state index contributed by atoms with van der Waals surface area (Å²) >= 11 is 0. The van der Waals surface area contributed by atoms with Gasteiger partial charge < -0.3 is 10.5 Å². The average Bonchev–Trinajstić information content (AvgIpc) is 2.15. The molecule has 2 N–H and O–H groups in total. The Morgan fingerprint density at radius 1 is 1.35 bits per heavy atom. The monoisotopic (exact) mass is 239 g/mol. The molecule has 2 nitrogen and oxygen atoms in total. The Balaban J connectivity index is 2.59. The molecular formula is C14H22FNO. The van der Waals surface area contributed by atoms with Crippen molar-refractivity contribution >= 4 is 0 Å². The van der Waals surface area contributed by atoms with Crippen LogP contribution in [-0.2, 0) is 0 Å². The van der Waals surface area contributed by atoms with E-state index in [0.717, 1.165) is 6.42 Å². The maximum Gasteiger partial charge on any atom is 0.131 e. The molecule has 0 aromatic heterocycles. The van der Waals surface area contributed by atoms with Gasteiger partial charge in [-0.2, -0.15) is 0 Å². The second kappa shape index (κ2) is 5.50. The maximum atomic E-state index is 13.6. The van der Waals surface area contributed by atoms with E-state index >= 15 is 0 Å². The minimum Gasteiger partial charge on any atom is -0.493 e. The Hall–Kier alpha value is -1.09. The van der Waals surface area contributed by atoms with Gasteiger partial charge in [-0.3, -0.25) is 0 Å². The van der Waals surface area contributed by atoms with Gasteiger partial charge in [-0.15, -0.1) is 0 Å². The molecule has 0 fully saturated rings. The normalized spacial score (nSPS) is 13.5. The summed E-state index contributed by atoms with van der Waals surface area (Å²) in [6.45, 7) is 8.81. The molecule has 0 spiro atoms. The van der Waals surface area contributed by atoms with Crippen molar-refractivity contribution in [1.29, 1.82) is 0 Å². The van der Waals surface area contributed by atoms with E-state index in [2.05, 4.69) is 20.8 Å². The zero-order chi connectivity index (χ0) is 13.1. The Morgan fingerprint density at radius 2 is 2.00 bits per heavy atom. The van der Waals surface area contributed by atoms with Crippen LogP contribution in [0.3, 0.4) is 0 Å². The van der Waals surface area contributed by atoms with Gasteiger partial charge in [0.1, 0.15) is 11.6 Å². The average molecular weight is 239 g/mol. The van der Waals surface area contributed by atoms with Crippen LogP contribution in [0.25, 0.3) is 0 Å². The highest BCUT2D eigenvalue weighted by Crippen LogP contribution is 2.22. The molecule has 0 saturated carbocycles. The third kappa shape index (κ3) is 4.73. The largest absolute Gasteiger partial charge is 0.493 e. The molecule has 0 aliphatic heterocycles. The summed E-state index contributed by atoms with van der Waals surface area (Å²) in [5.41, 5.74) is 6.39. The van der Waals surface area contributed by atoms with Crippen LogP contribution in [-0.4, -0.2) is 6.61 Å². The second-order valence-electron chi connectivity index (χ2n) is 5.63. The fraction of sp³-hybridized carbons (Fsp3) is 0.571. The predicted molar refractivity (Wildman–Crippen MR) is 68.6 cm³/mol. The summed E-state index contributed by atoms with van der Waals surface area (Å²) in [5, 5.41) is 0. The second-order valence-corrected chi connectivity index (χ2v) is 5.63. The summed E-state index contributed by atoms with van der Waals surface area (Å²) in [7, 11) is 0. The molecule has 0 saturated heterocycles. The highest BCUT2D eigenvalue weighted by Gasteiger charge is 2.11.